The third-order valence-corrected chi connectivity index (χ3v) is 7.96. The Morgan fingerprint density at radius 3 is 2.60 bits per heavy atom. The SMILES string of the molecule is [C-]#[N+]c1cnc(Nc2cc(NC(=O)C=C)c(N(C)CCN(C)C)cc2OC)nc1Nc1cccc2c1N(S(C)(=O)=O)CC2. The number of anilines is 7. The number of rotatable bonds is 12. The second kappa shape index (κ2) is 13.0. The number of likely N-dealkylation sites (N-methyl/N-ethyl adjacent to an activating group) is 2. The van der Waals surface area contributed by atoms with Gasteiger partial charge in [-0.25, -0.2) is 23.2 Å². The monoisotopic (exact) mass is 605 g/mol. The molecule has 1 amide bonds. The number of para-hydroxylation sites is 1. The molecule has 3 N–H and O–H groups in total. The first-order valence-corrected chi connectivity index (χ1v) is 15.2. The van der Waals surface area contributed by atoms with Crippen LogP contribution in [-0.4, -0.2) is 83.3 Å². The van der Waals surface area contributed by atoms with E-state index in [1.54, 1.807) is 18.2 Å². The minimum absolute atomic E-state index is 0.149. The zero-order valence-electron chi connectivity index (χ0n) is 24.8. The summed E-state index contributed by atoms with van der Waals surface area (Å²) in [5.74, 6) is 0.442. The van der Waals surface area contributed by atoms with Gasteiger partial charge >= 0.3 is 0 Å². The summed E-state index contributed by atoms with van der Waals surface area (Å²) in [5.41, 5.74) is 3.79. The molecule has 1 aliphatic heterocycles. The molecule has 0 spiro atoms. The van der Waals surface area contributed by atoms with E-state index >= 15 is 0 Å². The average Bonchev–Trinajstić information content (AvgIpc) is 3.42. The van der Waals surface area contributed by atoms with Crippen LogP contribution in [0.3, 0.4) is 0 Å². The molecule has 0 saturated carbocycles. The second-order valence-corrected chi connectivity index (χ2v) is 12.1. The summed E-state index contributed by atoms with van der Waals surface area (Å²) in [6.45, 7) is 13.0. The molecule has 2 heterocycles. The van der Waals surface area contributed by atoms with Gasteiger partial charge in [0.25, 0.3) is 0 Å². The van der Waals surface area contributed by atoms with Crippen molar-refractivity contribution in [3.63, 3.8) is 0 Å². The Morgan fingerprint density at radius 1 is 1.19 bits per heavy atom. The molecule has 3 aromatic rings. The van der Waals surface area contributed by atoms with Crippen LogP contribution in [0.1, 0.15) is 5.56 Å². The Balaban J connectivity index is 1.71. The summed E-state index contributed by atoms with van der Waals surface area (Å²) >= 11 is 0. The van der Waals surface area contributed by atoms with E-state index in [0.717, 1.165) is 17.8 Å². The zero-order valence-corrected chi connectivity index (χ0v) is 25.6. The number of aromatic nitrogens is 2. The van der Waals surface area contributed by atoms with Gasteiger partial charge in [-0.3, -0.25) is 9.10 Å². The van der Waals surface area contributed by atoms with E-state index in [1.807, 2.05) is 38.2 Å². The number of carbonyl (C=O) groups is 1. The minimum atomic E-state index is -3.50. The van der Waals surface area contributed by atoms with Gasteiger partial charge in [0.2, 0.25) is 27.6 Å². The number of benzene rings is 2. The number of ether oxygens (including phenoxy) is 1. The molecule has 0 radical (unpaired) electrons. The maximum absolute atomic E-state index is 12.5. The Bertz CT molecular complexity index is 1690. The van der Waals surface area contributed by atoms with Crippen molar-refractivity contribution in [3.8, 4) is 5.75 Å². The van der Waals surface area contributed by atoms with Crippen LogP contribution < -0.4 is 29.9 Å². The molecule has 14 heteroatoms. The maximum Gasteiger partial charge on any atom is 0.247 e. The van der Waals surface area contributed by atoms with Crippen LogP contribution in [0, 0.1) is 6.57 Å². The number of amides is 1. The number of methoxy groups -OCH3 is 1. The van der Waals surface area contributed by atoms with E-state index in [-0.39, 0.29) is 23.4 Å². The molecule has 4 rings (SSSR count). The summed E-state index contributed by atoms with van der Waals surface area (Å²) in [5, 5.41) is 9.14. The van der Waals surface area contributed by atoms with Crippen LogP contribution in [0.15, 0.2) is 49.2 Å². The summed E-state index contributed by atoms with van der Waals surface area (Å²) in [7, 11) is 3.92. The van der Waals surface area contributed by atoms with Crippen LogP contribution in [0.5, 0.6) is 5.75 Å². The van der Waals surface area contributed by atoms with E-state index in [1.165, 1.54) is 29.9 Å². The molecule has 0 aliphatic carbocycles. The van der Waals surface area contributed by atoms with Gasteiger partial charge in [0.1, 0.15) is 11.6 Å². The van der Waals surface area contributed by atoms with E-state index in [9.17, 15) is 13.2 Å². The third-order valence-electron chi connectivity index (χ3n) is 6.80. The molecule has 0 bridgehead atoms. The van der Waals surface area contributed by atoms with Gasteiger partial charge in [-0.15, -0.1) is 0 Å². The number of carbonyl (C=O) groups excluding carboxylic acids is 1. The molecule has 13 nitrogen and oxygen atoms in total. The molecule has 0 atom stereocenters. The van der Waals surface area contributed by atoms with Gasteiger partial charge < -0.3 is 30.5 Å². The number of hydrogen-bond donors (Lipinski definition) is 3. The molecule has 1 aromatic heterocycles. The summed E-state index contributed by atoms with van der Waals surface area (Å²) < 4.78 is 31.9. The Kier molecular flexibility index (Phi) is 9.37. The average molecular weight is 606 g/mol. The highest BCUT2D eigenvalue weighted by Crippen LogP contribution is 2.41. The summed E-state index contributed by atoms with van der Waals surface area (Å²) in [6, 6.07) is 8.97. The Labute approximate surface area is 252 Å². The number of fused-ring (bicyclic) bond motifs is 1. The van der Waals surface area contributed by atoms with Gasteiger partial charge in [-0.2, -0.15) is 0 Å². The maximum atomic E-state index is 12.5. The van der Waals surface area contributed by atoms with Crippen LogP contribution >= 0.6 is 0 Å². The van der Waals surface area contributed by atoms with Gasteiger partial charge in [-0.05, 0) is 44.3 Å². The van der Waals surface area contributed by atoms with E-state index < -0.39 is 10.0 Å². The van der Waals surface area contributed by atoms with Crippen molar-refractivity contribution in [3.05, 3.63) is 66.2 Å². The molecule has 43 heavy (non-hydrogen) atoms. The van der Waals surface area contributed by atoms with Gasteiger partial charge in [0.15, 0.2) is 0 Å². The minimum Gasteiger partial charge on any atom is -0.494 e. The quantitative estimate of drug-likeness (QED) is 0.206. The standard InChI is InChI=1S/C29H35N9O4S/c1-8-26(39)32-21-16-22(25(42-6)17-24(21)37(5)15-14-36(3)4)34-29-31-18-23(30-2)28(35-29)33-20-11-9-10-19-12-13-38(27(19)20)43(7,40)41/h8-11,16-18H,1,12-15H2,3-7H3,(H,32,39)(H2,31,33,34,35). The Morgan fingerprint density at radius 2 is 1.95 bits per heavy atom. The molecule has 2 aromatic carbocycles. The highest BCUT2D eigenvalue weighted by molar-refractivity contribution is 7.92. The first-order chi connectivity index (χ1) is 20.4. The first kappa shape index (κ1) is 31.1. The van der Waals surface area contributed by atoms with Crippen molar-refractivity contribution >= 4 is 61.8 Å². The lowest BCUT2D eigenvalue weighted by Crippen LogP contribution is -2.29. The van der Waals surface area contributed by atoms with Crippen molar-refractivity contribution in [2.45, 2.75) is 6.42 Å². The predicted octanol–water partition coefficient (Wildman–Crippen LogP) is 3.97. The van der Waals surface area contributed by atoms with E-state index in [2.05, 4.69) is 42.2 Å². The lowest BCUT2D eigenvalue weighted by Gasteiger charge is -2.26. The number of hydrogen-bond acceptors (Lipinski definition) is 10. The summed E-state index contributed by atoms with van der Waals surface area (Å²) in [4.78, 5) is 28.7. The van der Waals surface area contributed by atoms with Gasteiger partial charge in [0.05, 0.1) is 48.4 Å². The molecule has 1 aliphatic rings. The van der Waals surface area contributed by atoms with Crippen molar-refractivity contribution < 1.29 is 17.9 Å². The van der Waals surface area contributed by atoms with Crippen molar-refractivity contribution in [2.75, 3.05) is 79.3 Å². The van der Waals surface area contributed by atoms with Crippen LogP contribution in [-0.2, 0) is 21.2 Å². The lowest BCUT2D eigenvalue weighted by atomic mass is 10.1. The Hall–Kier alpha value is -4.87. The lowest BCUT2D eigenvalue weighted by molar-refractivity contribution is -0.111. The normalized spacial score (nSPS) is 12.3. The van der Waals surface area contributed by atoms with E-state index in [4.69, 9.17) is 11.3 Å². The second-order valence-electron chi connectivity index (χ2n) is 10.2. The topological polar surface area (TPSA) is 136 Å². The molecule has 0 saturated heterocycles. The number of sulfonamides is 1. The molecule has 0 unspecified atom stereocenters. The van der Waals surface area contributed by atoms with Crippen molar-refractivity contribution in [1.82, 2.24) is 14.9 Å². The first-order valence-electron chi connectivity index (χ1n) is 13.3. The van der Waals surface area contributed by atoms with Crippen LogP contribution in [0.25, 0.3) is 4.85 Å². The van der Waals surface area contributed by atoms with Crippen LogP contribution in [0.2, 0.25) is 0 Å². The zero-order chi connectivity index (χ0) is 31.3. The van der Waals surface area contributed by atoms with Gasteiger partial charge in [0, 0.05) is 38.9 Å². The fraction of sp³-hybridized carbons (Fsp3) is 0.310. The smallest absolute Gasteiger partial charge is 0.247 e. The predicted molar refractivity (Wildman–Crippen MR) is 171 cm³/mol. The highest BCUT2D eigenvalue weighted by Gasteiger charge is 2.29. The fourth-order valence-electron chi connectivity index (χ4n) is 4.62. The van der Waals surface area contributed by atoms with Crippen molar-refractivity contribution in [2.24, 2.45) is 0 Å². The number of nitrogens with one attached hydrogen (secondary N) is 3. The molecular formula is C29H35N9O4S. The van der Waals surface area contributed by atoms with E-state index in [0.29, 0.717) is 48.0 Å². The molecule has 0 fully saturated rings. The fourth-order valence-corrected chi connectivity index (χ4v) is 5.59. The van der Waals surface area contributed by atoms with Crippen LogP contribution in [0.4, 0.5) is 45.9 Å². The number of nitrogens with zero attached hydrogens (tertiary/aromatic N) is 6. The van der Waals surface area contributed by atoms with Crippen molar-refractivity contribution in [1.29, 1.82) is 0 Å². The third kappa shape index (κ3) is 7.14. The largest absolute Gasteiger partial charge is 0.494 e. The van der Waals surface area contributed by atoms with Gasteiger partial charge in [-0.1, -0.05) is 18.7 Å². The molecule has 226 valence electrons. The summed E-state index contributed by atoms with van der Waals surface area (Å²) in [6.07, 6.45) is 4.31. The highest BCUT2D eigenvalue weighted by atomic mass is 32.2. The molecular weight excluding hydrogens is 570 g/mol.